The monoisotopic (exact) mass is 282 g/mol. The molecule has 1 heterocycles. The van der Waals surface area contributed by atoms with Crippen LogP contribution in [0.2, 0.25) is 0 Å². The van der Waals surface area contributed by atoms with Crippen LogP contribution >= 0.6 is 0 Å². The molecule has 3 rings (SSSR count). The second kappa shape index (κ2) is 6.72. The molecule has 0 bridgehead atoms. The summed E-state index contributed by atoms with van der Waals surface area (Å²) in [6, 6.07) is 10.6. The first-order chi connectivity index (χ1) is 10.3. The zero-order valence-corrected chi connectivity index (χ0v) is 12.6. The first-order valence-corrected chi connectivity index (χ1v) is 7.74. The van der Waals surface area contributed by atoms with Gasteiger partial charge in [-0.15, -0.1) is 0 Å². The van der Waals surface area contributed by atoms with Gasteiger partial charge in [0.15, 0.2) is 0 Å². The zero-order chi connectivity index (χ0) is 14.5. The molecule has 0 radical (unpaired) electrons. The van der Waals surface area contributed by atoms with Gasteiger partial charge in [-0.3, -0.25) is 4.98 Å². The summed E-state index contributed by atoms with van der Waals surface area (Å²) >= 11 is 0. The van der Waals surface area contributed by atoms with E-state index < -0.39 is 0 Å². The van der Waals surface area contributed by atoms with Gasteiger partial charge in [-0.2, -0.15) is 0 Å². The topological polar surface area (TPSA) is 34.1 Å². The molecule has 0 saturated carbocycles. The van der Waals surface area contributed by atoms with E-state index in [9.17, 15) is 0 Å². The third kappa shape index (κ3) is 3.61. The van der Waals surface area contributed by atoms with Crippen molar-refractivity contribution in [3.63, 3.8) is 0 Å². The Bertz CT molecular complexity index is 593. The molecule has 0 unspecified atom stereocenters. The average Bonchev–Trinajstić information content (AvgIpc) is 2.99. The SMILES string of the molecule is CCNCc1ccc(COc2ccc3c(c2)CCC3)nc1. The fraction of sp³-hybridized carbons (Fsp3) is 0.389. The Hall–Kier alpha value is -1.87. The Balaban J connectivity index is 1.57. The highest BCUT2D eigenvalue weighted by atomic mass is 16.5. The van der Waals surface area contributed by atoms with Crippen molar-refractivity contribution in [2.24, 2.45) is 0 Å². The zero-order valence-electron chi connectivity index (χ0n) is 12.6. The summed E-state index contributed by atoms with van der Waals surface area (Å²) in [4.78, 5) is 4.45. The van der Waals surface area contributed by atoms with Gasteiger partial charge < -0.3 is 10.1 Å². The highest BCUT2D eigenvalue weighted by Crippen LogP contribution is 2.26. The van der Waals surface area contributed by atoms with E-state index in [1.165, 1.54) is 36.0 Å². The van der Waals surface area contributed by atoms with Crippen LogP contribution in [0.3, 0.4) is 0 Å². The van der Waals surface area contributed by atoms with Crippen LogP contribution in [0.4, 0.5) is 0 Å². The quantitative estimate of drug-likeness (QED) is 0.883. The molecule has 0 fully saturated rings. The third-order valence-electron chi connectivity index (χ3n) is 3.92. The molecule has 1 aliphatic rings. The smallest absolute Gasteiger partial charge is 0.130 e. The summed E-state index contributed by atoms with van der Waals surface area (Å²) < 4.78 is 5.86. The second-order valence-electron chi connectivity index (χ2n) is 5.51. The number of nitrogens with one attached hydrogen (secondary N) is 1. The van der Waals surface area contributed by atoms with E-state index in [0.717, 1.165) is 24.5 Å². The summed E-state index contributed by atoms with van der Waals surface area (Å²) in [7, 11) is 0. The van der Waals surface area contributed by atoms with E-state index in [1.54, 1.807) is 0 Å². The van der Waals surface area contributed by atoms with Crippen molar-refractivity contribution in [3.05, 3.63) is 58.9 Å². The molecule has 1 aromatic heterocycles. The number of aryl methyl sites for hydroxylation is 2. The molecule has 0 saturated heterocycles. The molecular formula is C18H22N2O. The lowest BCUT2D eigenvalue weighted by molar-refractivity contribution is 0.301. The van der Waals surface area contributed by atoms with E-state index in [1.807, 2.05) is 12.3 Å². The molecule has 0 atom stereocenters. The molecular weight excluding hydrogens is 260 g/mol. The number of rotatable bonds is 6. The van der Waals surface area contributed by atoms with E-state index >= 15 is 0 Å². The van der Waals surface area contributed by atoms with Crippen LogP contribution < -0.4 is 10.1 Å². The van der Waals surface area contributed by atoms with Crippen LogP contribution in [0.25, 0.3) is 0 Å². The van der Waals surface area contributed by atoms with Crippen molar-refractivity contribution >= 4 is 0 Å². The molecule has 1 N–H and O–H groups in total. The fourth-order valence-corrected chi connectivity index (χ4v) is 2.71. The molecule has 3 heteroatoms. The van der Waals surface area contributed by atoms with Gasteiger partial charge in [0, 0.05) is 12.7 Å². The molecule has 1 aliphatic carbocycles. The van der Waals surface area contributed by atoms with Crippen LogP contribution in [0.15, 0.2) is 36.5 Å². The summed E-state index contributed by atoms with van der Waals surface area (Å²) in [6.45, 7) is 4.48. The Kier molecular flexibility index (Phi) is 4.51. The first-order valence-electron chi connectivity index (χ1n) is 7.74. The maximum atomic E-state index is 5.86. The molecule has 0 spiro atoms. The molecule has 2 aromatic rings. The van der Waals surface area contributed by atoms with E-state index in [2.05, 4.69) is 41.5 Å². The van der Waals surface area contributed by atoms with Crippen LogP contribution in [0.5, 0.6) is 5.75 Å². The van der Waals surface area contributed by atoms with Gasteiger partial charge in [0.1, 0.15) is 12.4 Å². The van der Waals surface area contributed by atoms with Crippen molar-refractivity contribution in [1.82, 2.24) is 10.3 Å². The van der Waals surface area contributed by atoms with Gasteiger partial charge in [-0.25, -0.2) is 0 Å². The standard InChI is InChI=1S/C18H22N2O/c1-2-19-11-14-6-8-17(20-12-14)13-21-18-9-7-15-4-3-5-16(15)10-18/h6-10,12,19H,2-5,11,13H2,1H3. The lowest BCUT2D eigenvalue weighted by Crippen LogP contribution is -2.12. The highest BCUT2D eigenvalue weighted by molar-refractivity contribution is 5.38. The van der Waals surface area contributed by atoms with Gasteiger partial charge in [-0.1, -0.05) is 19.1 Å². The summed E-state index contributed by atoms with van der Waals surface area (Å²) in [6.07, 6.45) is 5.59. The van der Waals surface area contributed by atoms with E-state index in [0.29, 0.717) is 6.61 Å². The van der Waals surface area contributed by atoms with Crippen LogP contribution in [-0.4, -0.2) is 11.5 Å². The van der Waals surface area contributed by atoms with Gasteiger partial charge in [0.2, 0.25) is 0 Å². The molecule has 3 nitrogen and oxygen atoms in total. The van der Waals surface area contributed by atoms with E-state index in [-0.39, 0.29) is 0 Å². The normalized spacial score (nSPS) is 13.2. The predicted molar refractivity (Wildman–Crippen MR) is 84.4 cm³/mol. The van der Waals surface area contributed by atoms with Gasteiger partial charge >= 0.3 is 0 Å². The molecule has 21 heavy (non-hydrogen) atoms. The van der Waals surface area contributed by atoms with Crippen LogP contribution in [0.1, 0.15) is 35.7 Å². The lowest BCUT2D eigenvalue weighted by atomic mass is 10.1. The van der Waals surface area contributed by atoms with Crippen molar-refractivity contribution in [1.29, 1.82) is 0 Å². The highest BCUT2D eigenvalue weighted by Gasteiger charge is 2.11. The molecule has 0 aliphatic heterocycles. The first kappa shape index (κ1) is 14.1. The van der Waals surface area contributed by atoms with Crippen molar-refractivity contribution < 1.29 is 4.74 Å². The maximum absolute atomic E-state index is 5.86. The van der Waals surface area contributed by atoms with Crippen molar-refractivity contribution in [3.8, 4) is 5.75 Å². The number of ether oxygens (including phenoxy) is 1. The largest absolute Gasteiger partial charge is 0.487 e. The second-order valence-corrected chi connectivity index (χ2v) is 5.51. The predicted octanol–water partition coefficient (Wildman–Crippen LogP) is 3.26. The minimum Gasteiger partial charge on any atom is -0.487 e. The Morgan fingerprint density at radius 3 is 2.86 bits per heavy atom. The minimum atomic E-state index is 0.528. The number of fused-ring (bicyclic) bond motifs is 1. The summed E-state index contributed by atoms with van der Waals surface area (Å²) in [5.41, 5.74) is 5.10. The minimum absolute atomic E-state index is 0.528. The van der Waals surface area contributed by atoms with Crippen LogP contribution in [-0.2, 0) is 26.0 Å². The lowest BCUT2D eigenvalue weighted by Gasteiger charge is -2.08. The number of nitrogens with zero attached hydrogens (tertiary/aromatic N) is 1. The summed E-state index contributed by atoms with van der Waals surface area (Å²) in [5, 5.41) is 3.29. The number of hydrogen-bond acceptors (Lipinski definition) is 3. The number of aromatic nitrogens is 1. The molecule has 1 aromatic carbocycles. The Morgan fingerprint density at radius 1 is 1.14 bits per heavy atom. The van der Waals surface area contributed by atoms with Gasteiger partial charge in [-0.05, 0) is 60.7 Å². The third-order valence-corrected chi connectivity index (χ3v) is 3.92. The maximum Gasteiger partial charge on any atom is 0.130 e. The van der Waals surface area contributed by atoms with E-state index in [4.69, 9.17) is 4.74 Å². The van der Waals surface area contributed by atoms with Crippen molar-refractivity contribution in [2.75, 3.05) is 6.54 Å². The van der Waals surface area contributed by atoms with Crippen LogP contribution in [0, 0.1) is 0 Å². The average molecular weight is 282 g/mol. The Labute approximate surface area is 126 Å². The fourth-order valence-electron chi connectivity index (χ4n) is 2.71. The number of benzene rings is 1. The van der Waals surface area contributed by atoms with Gasteiger partial charge in [0.25, 0.3) is 0 Å². The van der Waals surface area contributed by atoms with Gasteiger partial charge in [0.05, 0.1) is 5.69 Å². The number of hydrogen-bond donors (Lipinski definition) is 1. The molecule has 110 valence electrons. The Morgan fingerprint density at radius 2 is 2.05 bits per heavy atom. The molecule has 0 amide bonds. The number of pyridine rings is 1. The van der Waals surface area contributed by atoms with Crippen molar-refractivity contribution in [2.45, 2.75) is 39.3 Å². The summed E-state index contributed by atoms with van der Waals surface area (Å²) in [5.74, 6) is 0.953.